The predicted molar refractivity (Wildman–Crippen MR) is 56.6 cm³/mol. The number of ketones is 1. The molecule has 4 heteroatoms. The Morgan fingerprint density at radius 1 is 1.50 bits per heavy atom. The normalized spacial score (nSPS) is 20.6. The van der Waals surface area contributed by atoms with E-state index in [0.29, 0.717) is 5.56 Å². The molecule has 1 aromatic rings. The number of carboxylic acid groups (broad SMARTS) is 1. The zero-order valence-corrected chi connectivity index (χ0v) is 8.80. The van der Waals surface area contributed by atoms with E-state index in [2.05, 4.69) is 0 Å². The number of carbonyl (C=O) groups excluding carboxylic acids is 1. The SMILES string of the molecule is CC(C(=O)O)C1CC(=O)c2cc(O)ccc21. The van der Waals surface area contributed by atoms with E-state index in [1.165, 1.54) is 12.1 Å². The van der Waals surface area contributed by atoms with Crippen molar-refractivity contribution < 1.29 is 19.8 Å². The number of Topliss-reactive ketones (excluding diaryl/α,β-unsaturated/α-hetero) is 1. The minimum atomic E-state index is -0.904. The number of hydrogen-bond acceptors (Lipinski definition) is 3. The molecule has 1 aromatic carbocycles. The molecule has 16 heavy (non-hydrogen) atoms. The van der Waals surface area contributed by atoms with Crippen molar-refractivity contribution in [1.82, 2.24) is 0 Å². The van der Waals surface area contributed by atoms with Crippen molar-refractivity contribution in [3.63, 3.8) is 0 Å². The summed E-state index contributed by atoms with van der Waals surface area (Å²) in [7, 11) is 0. The maximum absolute atomic E-state index is 11.7. The fraction of sp³-hybridized carbons (Fsp3) is 0.333. The second-order valence-electron chi connectivity index (χ2n) is 4.13. The molecule has 0 bridgehead atoms. The molecule has 0 spiro atoms. The molecule has 1 aliphatic carbocycles. The van der Waals surface area contributed by atoms with Gasteiger partial charge in [-0.15, -0.1) is 0 Å². The van der Waals surface area contributed by atoms with Crippen LogP contribution in [-0.2, 0) is 4.79 Å². The summed E-state index contributed by atoms with van der Waals surface area (Å²) in [5.74, 6) is -1.83. The first-order valence-corrected chi connectivity index (χ1v) is 5.09. The van der Waals surface area contributed by atoms with Gasteiger partial charge in [0.15, 0.2) is 5.78 Å². The molecule has 0 radical (unpaired) electrons. The van der Waals surface area contributed by atoms with Crippen molar-refractivity contribution in [2.45, 2.75) is 19.3 Å². The first kappa shape index (κ1) is 10.7. The first-order valence-electron chi connectivity index (χ1n) is 5.09. The predicted octanol–water partition coefficient (Wildman–Crippen LogP) is 1.78. The Bertz CT molecular complexity index is 464. The summed E-state index contributed by atoms with van der Waals surface area (Å²) in [6.07, 6.45) is 0.215. The van der Waals surface area contributed by atoms with Crippen LogP contribution in [0.25, 0.3) is 0 Å². The van der Waals surface area contributed by atoms with Gasteiger partial charge in [-0.25, -0.2) is 0 Å². The molecular weight excluding hydrogens is 208 g/mol. The van der Waals surface area contributed by atoms with Gasteiger partial charge in [0.2, 0.25) is 0 Å². The molecule has 4 nitrogen and oxygen atoms in total. The number of benzene rings is 1. The Hall–Kier alpha value is -1.84. The van der Waals surface area contributed by atoms with E-state index in [9.17, 15) is 14.7 Å². The van der Waals surface area contributed by atoms with Gasteiger partial charge in [-0.3, -0.25) is 9.59 Å². The van der Waals surface area contributed by atoms with E-state index in [1.807, 2.05) is 0 Å². The number of hydrogen-bond donors (Lipinski definition) is 2. The summed E-state index contributed by atoms with van der Waals surface area (Å²) in [6.45, 7) is 1.60. The van der Waals surface area contributed by atoms with E-state index < -0.39 is 11.9 Å². The van der Waals surface area contributed by atoms with Crippen LogP contribution >= 0.6 is 0 Å². The fourth-order valence-electron chi connectivity index (χ4n) is 2.15. The number of phenolic OH excluding ortho intramolecular Hbond substituents is 1. The Morgan fingerprint density at radius 2 is 2.19 bits per heavy atom. The summed E-state index contributed by atoms with van der Waals surface area (Å²) in [4.78, 5) is 22.6. The number of aromatic hydroxyl groups is 1. The van der Waals surface area contributed by atoms with Gasteiger partial charge >= 0.3 is 5.97 Å². The van der Waals surface area contributed by atoms with Crippen molar-refractivity contribution in [2.75, 3.05) is 0 Å². The maximum Gasteiger partial charge on any atom is 0.306 e. The van der Waals surface area contributed by atoms with E-state index in [-0.39, 0.29) is 23.9 Å². The second-order valence-corrected chi connectivity index (χ2v) is 4.13. The monoisotopic (exact) mass is 220 g/mol. The molecule has 2 unspecified atom stereocenters. The summed E-state index contributed by atoms with van der Waals surface area (Å²) < 4.78 is 0. The molecule has 0 saturated carbocycles. The molecule has 2 rings (SSSR count). The van der Waals surface area contributed by atoms with Gasteiger partial charge in [-0.05, 0) is 17.7 Å². The average molecular weight is 220 g/mol. The Kier molecular flexibility index (Phi) is 2.42. The number of carbonyl (C=O) groups is 2. The molecule has 0 amide bonds. The van der Waals surface area contributed by atoms with Crippen LogP contribution in [0.3, 0.4) is 0 Å². The Labute approximate surface area is 92.5 Å². The number of phenols is 1. The maximum atomic E-state index is 11.7. The highest BCUT2D eigenvalue weighted by Crippen LogP contribution is 2.39. The van der Waals surface area contributed by atoms with Crippen molar-refractivity contribution in [3.8, 4) is 5.75 Å². The van der Waals surface area contributed by atoms with Crippen LogP contribution in [0.4, 0.5) is 0 Å². The second kappa shape index (κ2) is 3.63. The molecule has 0 aliphatic heterocycles. The van der Waals surface area contributed by atoms with Crippen LogP contribution in [0.1, 0.15) is 35.2 Å². The van der Waals surface area contributed by atoms with Crippen molar-refractivity contribution >= 4 is 11.8 Å². The number of fused-ring (bicyclic) bond motifs is 1. The lowest BCUT2D eigenvalue weighted by Crippen LogP contribution is -2.17. The minimum absolute atomic E-state index is 0.0377. The van der Waals surface area contributed by atoms with E-state index in [4.69, 9.17) is 5.11 Å². The molecule has 1 aliphatic rings. The van der Waals surface area contributed by atoms with Gasteiger partial charge in [0.1, 0.15) is 5.75 Å². The smallest absolute Gasteiger partial charge is 0.306 e. The minimum Gasteiger partial charge on any atom is -0.508 e. The zero-order chi connectivity index (χ0) is 11.9. The van der Waals surface area contributed by atoms with E-state index in [1.54, 1.807) is 13.0 Å². The molecule has 84 valence electrons. The molecule has 0 fully saturated rings. The summed E-state index contributed by atoms with van der Waals surface area (Å²) >= 11 is 0. The van der Waals surface area contributed by atoms with Gasteiger partial charge in [0.05, 0.1) is 5.92 Å². The van der Waals surface area contributed by atoms with E-state index in [0.717, 1.165) is 5.56 Å². The molecule has 0 saturated heterocycles. The number of rotatable bonds is 2. The van der Waals surface area contributed by atoms with Crippen LogP contribution in [0.2, 0.25) is 0 Å². The van der Waals surface area contributed by atoms with Gasteiger partial charge in [-0.2, -0.15) is 0 Å². The van der Waals surface area contributed by atoms with Crippen LogP contribution in [-0.4, -0.2) is 22.0 Å². The zero-order valence-electron chi connectivity index (χ0n) is 8.80. The van der Waals surface area contributed by atoms with Crippen LogP contribution < -0.4 is 0 Å². The van der Waals surface area contributed by atoms with Crippen LogP contribution in [0, 0.1) is 5.92 Å². The fourth-order valence-corrected chi connectivity index (χ4v) is 2.15. The molecule has 0 heterocycles. The van der Waals surface area contributed by atoms with Gasteiger partial charge < -0.3 is 10.2 Å². The molecule has 2 atom stereocenters. The first-order chi connectivity index (χ1) is 7.50. The molecule has 2 N–H and O–H groups in total. The topological polar surface area (TPSA) is 74.6 Å². The summed E-state index contributed by atoms with van der Waals surface area (Å²) in [5.41, 5.74) is 1.19. The average Bonchev–Trinajstić information content (AvgIpc) is 2.55. The highest BCUT2D eigenvalue weighted by atomic mass is 16.4. The van der Waals surface area contributed by atoms with Crippen LogP contribution in [0.5, 0.6) is 5.75 Å². The Balaban J connectivity index is 2.43. The lowest BCUT2D eigenvalue weighted by molar-refractivity contribution is -0.141. The number of carboxylic acids is 1. The van der Waals surface area contributed by atoms with Crippen molar-refractivity contribution in [3.05, 3.63) is 29.3 Å². The third-order valence-electron chi connectivity index (χ3n) is 3.14. The molecule has 0 aromatic heterocycles. The van der Waals surface area contributed by atoms with Crippen molar-refractivity contribution in [1.29, 1.82) is 0 Å². The summed E-state index contributed by atoms with van der Waals surface area (Å²) in [5, 5.41) is 18.2. The largest absolute Gasteiger partial charge is 0.508 e. The lowest BCUT2D eigenvalue weighted by Gasteiger charge is -2.15. The highest BCUT2D eigenvalue weighted by Gasteiger charge is 2.35. The Morgan fingerprint density at radius 3 is 2.81 bits per heavy atom. The lowest BCUT2D eigenvalue weighted by atomic mass is 9.89. The quantitative estimate of drug-likeness (QED) is 0.796. The van der Waals surface area contributed by atoms with Crippen LogP contribution in [0.15, 0.2) is 18.2 Å². The van der Waals surface area contributed by atoms with Crippen molar-refractivity contribution in [2.24, 2.45) is 5.92 Å². The highest BCUT2D eigenvalue weighted by molar-refractivity contribution is 6.02. The summed E-state index contributed by atoms with van der Waals surface area (Å²) in [6, 6.07) is 4.53. The van der Waals surface area contributed by atoms with Gasteiger partial charge in [0.25, 0.3) is 0 Å². The van der Waals surface area contributed by atoms with Gasteiger partial charge in [-0.1, -0.05) is 13.0 Å². The standard InChI is InChI=1S/C12H12O4/c1-6(12(15)16)9-5-11(14)10-4-7(13)2-3-8(9)10/h2-4,6,9,13H,5H2,1H3,(H,15,16). The molecular formula is C12H12O4. The van der Waals surface area contributed by atoms with Gasteiger partial charge in [0, 0.05) is 17.9 Å². The van der Waals surface area contributed by atoms with E-state index >= 15 is 0 Å². The third kappa shape index (κ3) is 1.56. The number of aliphatic carboxylic acids is 1. The third-order valence-corrected chi connectivity index (χ3v) is 3.14.